The van der Waals surface area contributed by atoms with Crippen LogP contribution in [0.15, 0.2) is 77.4 Å². The summed E-state index contributed by atoms with van der Waals surface area (Å²) in [6.07, 6.45) is -3.04. The highest BCUT2D eigenvalue weighted by molar-refractivity contribution is 5.93. The van der Waals surface area contributed by atoms with Crippen LogP contribution in [0.25, 0.3) is 0 Å². The molecular weight excluding hydrogens is 579 g/mol. The molecule has 4 aliphatic carbocycles. The average Bonchev–Trinajstić information content (AvgIpc) is 3.27. The fourth-order valence-corrected chi connectivity index (χ4v) is 8.47. The Kier molecular flexibility index (Phi) is 7.50. The number of ketones is 1. The van der Waals surface area contributed by atoms with Crippen molar-refractivity contribution >= 4 is 17.5 Å². The Hall–Kier alpha value is -3.53. The van der Waals surface area contributed by atoms with Crippen LogP contribution in [0.3, 0.4) is 0 Å². The van der Waals surface area contributed by atoms with Crippen molar-refractivity contribution in [2.75, 3.05) is 5.32 Å². The number of amides is 2. The Balaban J connectivity index is 1.34. The number of hydrogen-bond donors (Lipinski definition) is 3. The Morgan fingerprint density at radius 2 is 1.68 bits per heavy atom. The van der Waals surface area contributed by atoms with Gasteiger partial charge in [0.05, 0.1) is 0 Å². The van der Waals surface area contributed by atoms with Crippen LogP contribution in [0.1, 0.15) is 68.9 Å². The quantitative estimate of drug-likeness (QED) is 0.301. The van der Waals surface area contributed by atoms with Gasteiger partial charge in [-0.1, -0.05) is 55.0 Å². The van der Waals surface area contributed by atoms with Crippen LogP contribution in [0, 0.1) is 17.3 Å². The van der Waals surface area contributed by atoms with E-state index in [1.807, 2.05) is 30.3 Å². The summed E-state index contributed by atoms with van der Waals surface area (Å²) in [6.45, 7) is 1.73. The molecule has 2 fully saturated rings. The molecule has 5 atom stereocenters. The van der Waals surface area contributed by atoms with Crippen LogP contribution in [-0.2, 0) is 11.3 Å². The van der Waals surface area contributed by atoms with Crippen molar-refractivity contribution in [3.63, 3.8) is 0 Å². The molecule has 0 radical (unpaired) electrons. The summed E-state index contributed by atoms with van der Waals surface area (Å²) in [6, 6.07) is 15.9. The largest absolute Gasteiger partial charge is 0.456 e. The molecule has 10 heteroatoms. The molecule has 0 heterocycles. The van der Waals surface area contributed by atoms with Crippen molar-refractivity contribution in [1.82, 2.24) is 5.32 Å². The second-order valence-electron chi connectivity index (χ2n) is 12.9. The van der Waals surface area contributed by atoms with Gasteiger partial charge in [-0.25, -0.2) is 4.79 Å². The molecule has 0 aromatic heterocycles. The van der Waals surface area contributed by atoms with Gasteiger partial charge in [0.15, 0.2) is 5.78 Å². The first-order valence-corrected chi connectivity index (χ1v) is 15.1. The summed E-state index contributed by atoms with van der Waals surface area (Å²) in [7, 11) is 0. The second-order valence-corrected chi connectivity index (χ2v) is 12.9. The minimum atomic E-state index is -5.89. The van der Waals surface area contributed by atoms with Gasteiger partial charge in [-0.15, -0.1) is 0 Å². The van der Waals surface area contributed by atoms with Crippen LogP contribution >= 0.6 is 0 Å². The molecule has 2 amide bonds. The molecule has 44 heavy (non-hydrogen) atoms. The minimum absolute atomic E-state index is 0.0287. The number of halogens is 5. The summed E-state index contributed by atoms with van der Waals surface area (Å²) in [5, 5.41) is 17.0. The molecule has 2 aromatic rings. The highest BCUT2D eigenvalue weighted by Gasteiger charge is 2.79. The number of alkyl halides is 5. The standard InChI is InChI=1S/C34H35F5N2O3/c1-31-18-27(21-7-10-23(11-8-21)41-30(43)40-19-20-5-3-2-4-6-20)29-25-14-12-24(42)17-22(25)9-13-26(29)28(31)15-16-32(31,44)33(35,36)34(37,38)39/h2-8,10-11,17,26-28,44H,9,12-16,18-19H2,1H3,(H2,40,41,43)/t26?,27-,28?,31+,32+/m1/s1. The van der Waals surface area contributed by atoms with E-state index in [2.05, 4.69) is 10.6 Å². The number of rotatable bonds is 5. The molecule has 0 saturated heterocycles. The summed E-state index contributed by atoms with van der Waals surface area (Å²) in [4.78, 5) is 24.7. The van der Waals surface area contributed by atoms with E-state index in [1.54, 1.807) is 30.3 Å². The first-order valence-electron chi connectivity index (χ1n) is 15.1. The van der Waals surface area contributed by atoms with E-state index in [1.165, 1.54) is 6.92 Å². The highest BCUT2D eigenvalue weighted by Crippen LogP contribution is 2.70. The molecule has 0 bridgehead atoms. The van der Waals surface area contributed by atoms with Crippen LogP contribution in [0.2, 0.25) is 0 Å². The van der Waals surface area contributed by atoms with Crippen molar-refractivity contribution in [3.05, 3.63) is 88.5 Å². The number of hydrogen-bond acceptors (Lipinski definition) is 3. The topological polar surface area (TPSA) is 78.4 Å². The number of allylic oxidation sites excluding steroid dienone is 4. The van der Waals surface area contributed by atoms with Gasteiger partial charge in [0.2, 0.25) is 0 Å². The third-order valence-electron chi connectivity index (χ3n) is 10.6. The lowest BCUT2D eigenvalue weighted by Crippen LogP contribution is -2.65. The van der Waals surface area contributed by atoms with E-state index in [9.17, 15) is 27.9 Å². The predicted molar refractivity (Wildman–Crippen MR) is 155 cm³/mol. The summed E-state index contributed by atoms with van der Waals surface area (Å²) < 4.78 is 71.7. The van der Waals surface area contributed by atoms with E-state index < -0.39 is 47.4 Å². The van der Waals surface area contributed by atoms with Crippen molar-refractivity contribution in [2.24, 2.45) is 17.3 Å². The molecule has 6 rings (SSSR count). The number of aliphatic hydroxyl groups is 1. The number of carbonyl (C=O) groups is 2. The first kappa shape index (κ1) is 30.5. The maximum absolute atomic E-state index is 15.2. The number of carbonyl (C=O) groups excluding carboxylic acids is 2. The van der Waals surface area contributed by atoms with Crippen LogP contribution in [-0.4, -0.2) is 34.6 Å². The maximum Gasteiger partial charge on any atom is 0.456 e. The van der Waals surface area contributed by atoms with E-state index in [4.69, 9.17) is 0 Å². The predicted octanol–water partition coefficient (Wildman–Crippen LogP) is 7.84. The van der Waals surface area contributed by atoms with Crippen LogP contribution in [0.5, 0.6) is 0 Å². The number of nitrogens with one attached hydrogen (secondary N) is 2. The summed E-state index contributed by atoms with van der Waals surface area (Å²) in [5.41, 5.74) is 0.0753. The van der Waals surface area contributed by atoms with Crippen molar-refractivity contribution in [3.8, 4) is 0 Å². The van der Waals surface area contributed by atoms with E-state index >= 15 is 8.78 Å². The smallest absolute Gasteiger partial charge is 0.383 e. The second kappa shape index (κ2) is 10.8. The van der Waals surface area contributed by atoms with E-state index in [0.717, 1.165) is 22.3 Å². The Morgan fingerprint density at radius 1 is 0.977 bits per heavy atom. The van der Waals surface area contributed by atoms with Crippen LogP contribution < -0.4 is 10.6 Å². The van der Waals surface area contributed by atoms with Crippen molar-refractivity contribution in [2.45, 2.75) is 82.0 Å². The summed E-state index contributed by atoms with van der Waals surface area (Å²) in [5.74, 6) is -6.65. The van der Waals surface area contributed by atoms with E-state index in [0.29, 0.717) is 43.5 Å². The van der Waals surface area contributed by atoms with Crippen molar-refractivity contribution in [1.29, 1.82) is 0 Å². The van der Waals surface area contributed by atoms with Crippen molar-refractivity contribution < 1.29 is 36.6 Å². The van der Waals surface area contributed by atoms with Gasteiger partial charge in [0, 0.05) is 30.0 Å². The zero-order chi connectivity index (χ0) is 31.5. The third kappa shape index (κ3) is 4.86. The molecule has 3 N–H and O–H groups in total. The Labute approximate surface area is 252 Å². The highest BCUT2D eigenvalue weighted by atomic mass is 19.4. The molecule has 2 aromatic carbocycles. The SMILES string of the molecule is C[C@]12C[C@H](c3ccc(NC(=O)NCc4ccccc4)cc3)C3=C4CCC(=O)C=C4CCC3C1CC[C@@]2(O)C(F)(F)C(F)(F)F. The Morgan fingerprint density at radius 3 is 2.36 bits per heavy atom. The number of anilines is 1. The maximum atomic E-state index is 15.2. The first-order chi connectivity index (χ1) is 20.7. The average molecular weight is 615 g/mol. The molecular formula is C34H35F5N2O3. The zero-order valence-corrected chi connectivity index (χ0v) is 24.3. The molecule has 0 aliphatic heterocycles. The zero-order valence-electron chi connectivity index (χ0n) is 24.3. The summed E-state index contributed by atoms with van der Waals surface area (Å²) >= 11 is 0. The molecule has 4 aliphatic rings. The third-order valence-corrected chi connectivity index (χ3v) is 10.6. The number of benzene rings is 2. The fourth-order valence-electron chi connectivity index (χ4n) is 8.47. The normalized spacial score (nSPS) is 30.2. The lowest BCUT2D eigenvalue weighted by Gasteiger charge is -2.56. The van der Waals surface area contributed by atoms with Gasteiger partial charge >= 0.3 is 18.1 Å². The number of urea groups is 1. The van der Waals surface area contributed by atoms with E-state index in [-0.39, 0.29) is 24.5 Å². The lowest BCUT2D eigenvalue weighted by molar-refractivity contribution is -0.362. The molecule has 2 saturated carbocycles. The molecule has 0 spiro atoms. The molecule has 2 unspecified atom stereocenters. The van der Waals surface area contributed by atoms with Crippen LogP contribution in [0.4, 0.5) is 32.4 Å². The number of fused-ring (bicyclic) bond motifs is 4. The van der Waals surface area contributed by atoms with Gasteiger partial charge in [0.25, 0.3) is 0 Å². The minimum Gasteiger partial charge on any atom is -0.383 e. The molecule has 234 valence electrons. The van der Waals surface area contributed by atoms with Gasteiger partial charge in [0.1, 0.15) is 5.60 Å². The van der Waals surface area contributed by atoms with Gasteiger partial charge < -0.3 is 15.7 Å². The lowest BCUT2D eigenvalue weighted by atomic mass is 9.50. The fraction of sp³-hybridized carbons (Fsp3) is 0.471. The Bertz CT molecular complexity index is 1520. The van der Waals surface area contributed by atoms with Gasteiger partial charge in [-0.3, -0.25) is 4.79 Å². The van der Waals surface area contributed by atoms with Gasteiger partial charge in [-0.2, -0.15) is 22.0 Å². The molecule has 5 nitrogen and oxygen atoms in total. The monoisotopic (exact) mass is 614 g/mol. The van der Waals surface area contributed by atoms with Gasteiger partial charge in [-0.05, 0) is 90.8 Å².